The van der Waals surface area contributed by atoms with E-state index >= 15 is 0 Å². The van der Waals surface area contributed by atoms with E-state index in [9.17, 15) is 15.0 Å². The zero-order valence-corrected chi connectivity index (χ0v) is 13.7. The maximum Gasteiger partial charge on any atom is 0.410 e. The lowest BCUT2D eigenvalue weighted by Crippen LogP contribution is -2.39. The number of amides is 1. The first-order valence-electron chi connectivity index (χ1n) is 7.97. The molecule has 0 spiro atoms. The van der Waals surface area contributed by atoms with Crippen LogP contribution in [0.2, 0.25) is 0 Å². The van der Waals surface area contributed by atoms with Crippen LogP contribution >= 0.6 is 0 Å². The predicted octanol–water partition coefficient (Wildman–Crippen LogP) is 2.05. The number of piperidine rings is 1. The SMILES string of the molecule is CC(C)(C)OC(=O)N1CC2C(C1)C2NCc1cccc(O)c1O. The Bertz CT molecular complexity index is 599. The maximum atomic E-state index is 12.0. The molecule has 1 aromatic carbocycles. The van der Waals surface area contributed by atoms with Gasteiger partial charge in [-0.05, 0) is 38.7 Å². The number of hydrogen-bond donors (Lipinski definition) is 3. The molecule has 3 rings (SSSR count). The lowest BCUT2D eigenvalue weighted by molar-refractivity contribution is 0.0269. The molecule has 0 bridgehead atoms. The molecule has 2 atom stereocenters. The second kappa shape index (κ2) is 5.60. The standard InChI is InChI=1S/C17H24N2O4/c1-17(2,3)23-16(22)19-8-11-12(9-19)14(11)18-7-10-5-4-6-13(20)15(10)21/h4-6,11-12,14,18,20-21H,7-9H2,1-3H3. The van der Waals surface area contributed by atoms with Crippen LogP contribution in [0.3, 0.4) is 0 Å². The lowest BCUT2D eigenvalue weighted by Gasteiger charge is -2.26. The molecule has 23 heavy (non-hydrogen) atoms. The maximum absolute atomic E-state index is 12.0. The average molecular weight is 320 g/mol. The molecule has 1 amide bonds. The summed E-state index contributed by atoms with van der Waals surface area (Å²) < 4.78 is 5.39. The molecule has 1 saturated carbocycles. The molecule has 126 valence electrons. The van der Waals surface area contributed by atoms with Crippen molar-refractivity contribution in [3.8, 4) is 11.5 Å². The van der Waals surface area contributed by atoms with E-state index in [0.29, 0.717) is 43.1 Å². The molecule has 2 aliphatic rings. The minimum atomic E-state index is -0.464. The van der Waals surface area contributed by atoms with Crippen LogP contribution < -0.4 is 5.32 Å². The molecule has 1 aliphatic carbocycles. The smallest absolute Gasteiger partial charge is 0.410 e. The van der Waals surface area contributed by atoms with Gasteiger partial charge in [-0.1, -0.05) is 12.1 Å². The zero-order chi connectivity index (χ0) is 16.8. The van der Waals surface area contributed by atoms with Crippen molar-refractivity contribution in [3.05, 3.63) is 23.8 Å². The topological polar surface area (TPSA) is 82.0 Å². The number of ether oxygens (including phenoxy) is 1. The van der Waals surface area contributed by atoms with Gasteiger partial charge in [0.25, 0.3) is 0 Å². The molecular formula is C17H24N2O4. The molecule has 6 heteroatoms. The summed E-state index contributed by atoms with van der Waals surface area (Å²) in [5.41, 5.74) is 0.216. The number of likely N-dealkylation sites (tertiary alicyclic amines) is 1. The minimum Gasteiger partial charge on any atom is -0.504 e. The van der Waals surface area contributed by atoms with Crippen molar-refractivity contribution >= 4 is 6.09 Å². The molecule has 0 aromatic heterocycles. The Balaban J connectivity index is 1.47. The van der Waals surface area contributed by atoms with E-state index in [0.717, 1.165) is 0 Å². The van der Waals surface area contributed by atoms with Crippen molar-refractivity contribution in [2.75, 3.05) is 13.1 Å². The van der Waals surface area contributed by atoms with Crippen LogP contribution in [0.25, 0.3) is 0 Å². The number of carbonyl (C=O) groups excluding carboxylic acids is 1. The number of aromatic hydroxyl groups is 2. The highest BCUT2D eigenvalue weighted by Crippen LogP contribution is 2.46. The van der Waals surface area contributed by atoms with Crippen LogP contribution in [0.15, 0.2) is 18.2 Å². The summed E-state index contributed by atoms with van der Waals surface area (Å²) in [5, 5.41) is 22.7. The number of benzene rings is 1. The Hall–Kier alpha value is -1.95. The van der Waals surface area contributed by atoms with Gasteiger partial charge in [-0.3, -0.25) is 0 Å². The van der Waals surface area contributed by atoms with Crippen LogP contribution in [-0.4, -0.2) is 45.9 Å². The average Bonchev–Trinajstić information content (AvgIpc) is 2.90. The molecular weight excluding hydrogens is 296 g/mol. The second-order valence-electron chi connectivity index (χ2n) is 7.40. The molecule has 1 heterocycles. The van der Waals surface area contributed by atoms with Crippen molar-refractivity contribution in [2.24, 2.45) is 11.8 Å². The third kappa shape index (κ3) is 3.37. The zero-order valence-electron chi connectivity index (χ0n) is 13.7. The summed E-state index contributed by atoms with van der Waals surface area (Å²) in [7, 11) is 0. The van der Waals surface area contributed by atoms with Gasteiger partial charge in [-0.25, -0.2) is 4.79 Å². The fraction of sp³-hybridized carbons (Fsp3) is 0.588. The highest BCUT2D eigenvalue weighted by Gasteiger charge is 2.56. The first kappa shape index (κ1) is 15.9. The summed E-state index contributed by atoms with van der Waals surface area (Å²) in [6.45, 7) is 7.53. The van der Waals surface area contributed by atoms with Gasteiger partial charge in [-0.15, -0.1) is 0 Å². The number of hydrogen-bond acceptors (Lipinski definition) is 5. The molecule has 1 aromatic rings. The number of rotatable bonds is 3. The number of phenolic OH excluding ortho intramolecular Hbond substituents is 2. The van der Waals surface area contributed by atoms with Crippen molar-refractivity contribution in [1.29, 1.82) is 0 Å². The number of carbonyl (C=O) groups is 1. The summed E-state index contributed by atoms with van der Waals surface area (Å²) in [5.74, 6) is 0.724. The normalized spacial score (nSPS) is 26.0. The molecule has 2 fully saturated rings. The van der Waals surface area contributed by atoms with Crippen LogP contribution in [0.1, 0.15) is 26.3 Å². The molecule has 6 nitrogen and oxygen atoms in total. The van der Waals surface area contributed by atoms with Gasteiger partial charge in [0.15, 0.2) is 11.5 Å². The fourth-order valence-corrected chi connectivity index (χ4v) is 3.25. The van der Waals surface area contributed by atoms with Crippen molar-refractivity contribution in [1.82, 2.24) is 10.2 Å². The van der Waals surface area contributed by atoms with Gasteiger partial charge < -0.3 is 25.2 Å². The Morgan fingerprint density at radius 2 is 1.96 bits per heavy atom. The quantitative estimate of drug-likeness (QED) is 0.743. The van der Waals surface area contributed by atoms with Gasteiger partial charge in [-0.2, -0.15) is 0 Å². The van der Waals surface area contributed by atoms with Crippen LogP contribution in [0.4, 0.5) is 4.79 Å². The fourth-order valence-electron chi connectivity index (χ4n) is 3.25. The molecule has 3 N–H and O–H groups in total. The lowest BCUT2D eigenvalue weighted by atomic mass is 10.2. The first-order valence-corrected chi connectivity index (χ1v) is 7.97. The number of nitrogens with one attached hydrogen (secondary N) is 1. The van der Waals surface area contributed by atoms with Crippen LogP contribution in [-0.2, 0) is 11.3 Å². The van der Waals surface area contributed by atoms with Gasteiger partial charge in [0.1, 0.15) is 5.60 Å². The van der Waals surface area contributed by atoms with Gasteiger partial charge >= 0.3 is 6.09 Å². The van der Waals surface area contributed by atoms with Crippen molar-refractivity contribution < 1.29 is 19.7 Å². The Kier molecular flexibility index (Phi) is 3.88. The Labute approximate surface area is 136 Å². The van der Waals surface area contributed by atoms with Gasteiger partial charge in [0, 0.05) is 31.2 Å². The molecule has 1 saturated heterocycles. The minimum absolute atomic E-state index is 0.0683. The van der Waals surface area contributed by atoms with E-state index in [-0.39, 0.29) is 17.6 Å². The number of fused-ring (bicyclic) bond motifs is 1. The number of phenols is 2. The summed E-state index contributed by atoms with van der Waals surface area (Å²) in [6, 6.07) is 5.32. The Morgan fingerprint density at radius 1 is 1.30 bits per heavy atom. The molecule has 2 unspecified atom stereocenters. The highest BCUT2D eigenvalue weighted by molar-refractivity contribution is 5.69. The summed E-state index contributed by atoms with van der Waals surface area (Å²) in [4.78, 5) is 13.8. The largest absolute Gasteiger partial charge is 0.504 e. The van der Waals surface area contributed by atoms with E-state index < -0.39 is 5.60 Å². The number of para-hydroxylation sites is 1. The Morgan fingerprint density at radius 3 is 2.57 bits per heavy atom. The molecule has 0 radical (unpaired) electrons. The van der Waals surface area contributed by atoms with Crippen molar-refractivity contribution in [2.45, 2.75) is 39.0 Å². The first-order chi connectivity index (χ1) is 10.8. The van der Waals surface area contributed by atoms with E-state index in [2.05, 4.69) is 5.32 Å². The third-order valence-corrected chi connectivity index (χ3v) is 4.47. The molecule has 1 aliphatic heterocycles. The van der Waals surface area contributed by atoms with E-state index in [4.69, 9.17) is 4.74 Å². The van der Waals surface area contributed by atoms with Crippen LogP contribution in [0.5, 0.6) is 11.5 Å². The number of nitrogens with zero attached hydrogens (tertiary/aromatic N) is 1. The van der Waals surface area contributed by atoms with E-state index in [1.54, 1.807) is 17.0 Å². The highest BCUT2D eigenvalue weighted by atomic mass is 16.6. The van der Waals surface area contributed by atoms with Crippen molar-refractivity contribution in [3.63, 3.8) is 0 Å². The predicted molar refractivity (Wildman–Crippen MR) is 85.2 cm³/mol. The van der Waals surface area contributed by atoms with Gasteiger partial charge in [0.05, 0.1) is 0 Å². The third-order valence-electron chi connectivity index (χ3n) is 4.47. The van der Waals surface area contributed by atoms with Gasteiger partial charge in [0.2, 0.25) is 0 Å². The second-order valence-corrected chi connectivity index (χ2v) is 7.40. The summed E-state index contributed by atoms with van der Waals surface area (Å²) in [6.07, 6.45) is -0.242. The van der Waals surface area contributed by atoms with E-state index in [1.165, 1.54) is 6.07 Å². The van der Waals surface area contributed by atoms with Crippen LogP contribution in [0, 0.1) is 11.8 Å². The van der Waals surface area contributed by atoms with E-state index in [1.807, 2.05) is 20.8 Å². The monoisotopic (exact) mass is 320 g/mol. The summed E-state index contributed by atoms with van der Waals surface area (Å²) >= 11 is 0.